The highest BCUT2D eigenvalue weighted by atomic mass is 15.1. The van der Waals surface area contributed by atoms with Gasteiger partial charge in [-0.2, -0.15) is 0 Å². The minimum atomic E-state index is 0.344. The van der Waals surface area contributed by atoms with Crippen molar-refractivity contribution in [3.8, 4) is 0 Å². The lowest BCUT2D eigenvalue weighted by atomic mass is 10.0. The molecule has 4 nitrogen and oxygen atoms in total. The molecule has 1 atom stereocenters. The van der Waals surface area contributed by atoms with Crippen LogP contribution in [0.4, 0.5) is 5.95 Å². The number of hydrogen-bond acceptors (Lipinski definition) is 4. The summed E-state index contributed by atoms with van der Waals surface area (Å²) in [6.45, 7) is 7.15. The maximum Gasteiger partial charge on any atom is 0.222 e. The molecule has 1 aromatic heterocycles. The molecule has 0 fully saturated rings. The highest BCUT2D eigenvalue weighted by Crippen LogP contribution is 2.18. The first-order chi connectivity index (χ1) is 10.7. The van der Waals surface area contributed by atoms with Crippen LogP contribution in [0.2, 0.25) is 0 Å². The van der Waals surface area contributed by atoms with Crippen molar-refractivity contribution in [1.29, 1.82) is 0 Å². The average Bonchev–Trinajstić information content (AvgIpc) is 2.53. The summed E-state index contributed by atoms with van der Waals surface area (Å²) in [5, 5.41) is 6.81. The van der Waals surface area contributed by atoms with Crippen molar-refractivity contribution in [1.82, 2.24) is 15.3 Å². The molecule has 0 saturated heterocycles. The highest BCUT2D eigenvalue weighted by molar-refractivity contribution is 5.26. The number of aromatic nitrogens is 2. The van der Waals surface area contributed by atoms with Crippen molar-refractivity contribution in [3.63, 3.8) is 0 Å². The number of benzene rings is 1. The quantitative estimate of drug-likeness (QED) is 0.775. The van der Waals surface area contributed by atoms with E-state index in [4.69, 9.17) is 0 Å². The first-order valence-electron chi connectivity index (χ1n) is 8.04. The van der Waals surface area contributed by atoms with E-state index in [0.717, 1.165) is 24.9 Å². The van der Waals surface area contributed by atoms with E-state index >= 15 is 0 Å². The molecule has 0 aliphatic carbocycles. The lowest BCUT2D eigenvalue weighted by Gasteiger charge is -2.18. The van der Waals surface area contributed by atoms with Gasteiger partial charge in [0.2, 0.25) is 5.95 Å². The smallest absolute Gasteiger partial charge is 0.222 e. The van der Waals surface area contributed by atoms with Gasteiger partial charge in [0.15, 0.2) is 0 Å². The molecular formula is C18H26N4. The summed E-state index contributed by atoms with van der Waals surface area (Å²) in [6, 6.07) is 11.3. The summed E-state index contributed by atoms with van der Waals surface area (Å²) < 4.78 is 0. The van der Waals surface area contributed by atoms with Gasteiger partial charge in [-0.15, -0.1) is 0 Å². The van der Waals surface area contributed by atoms with Gasteiger partial charge < -0.3 is 10.6 Å². The van der Waals surface area contributed by atoms with Crippen LogP contribution in [0.15, 0.2) is 42.7 Å². The predicted octanol–water partition coefficient (Wildman–Crippen LogP) is 3.93. The fraction of sp³-hybridized carbons (Fsp3) is 0.444. The van der Waals surface area contributed by atoms with Crippen molar-refractivity contribution in [2.45, 2.75) is 52.2 Å². The van der Waals surface area contributed by atoms with E-state index < -0.39 is 0 Å². The summed E-state index contributed by atoms with van der Waals surface area (Å²) in [5.41, 5.74) is 2.44. The van der Waals surface area contributed by atoms with Gasteiger partial charge in [0, 0.05) is 36.6 Å². The summed E-state index contributed by atoms with van der Waals surface area (Å²) >= 11 is 0. The molecule has 4 heteroatoms. The van der Waals surface area contributed by atoms with Crippen LogP contribution in [0.5, 0.6) is 0 Å². The molecule has 1 heterocycles. The Morgan fingerprint density at radius 2 is 1.73 bits per heavy atom. The zero-order valence-corrected chi connectivity index (χ0v) is 13.7. The molecule has 0 aliphatic heterocycles. The largest absolute Gasteiger partial charge is 0.352 e. The molecule has 0 amide bonds. The van der Waals surface area contributed by atoms with Crippen molar-refractivity contribution in [2.24, 2.45) is 0 Å². The molecule has 2 rings (SSSR count). The minimum absolute atomic E-state index is 0.344. The Labute approximate surface area is 133 Å². The highest BCUT2D eigenvalue weighted by Gasteiger charge is 2.09. The Balaban J connectivity index is 1.94. The van der Waals surface area contributed by atoms with Crippen LogP contribution in [-0.4, -0.2) is 16.0 Å². The molecule has 22 heavy (non-hydrogen) atoms. The van der Waals surface area contributed by atoms with Crippen LogP contribution < -0.4 is 10.6 Å². The third-order valence-electron chi connectivity index (χ3n) is 3.45. The second-order valence-electron chi connectivity index (χ2n) is 5.85. The molecule has 118 valence electrons. The van der Waals surface area contributed by atoms with Gasteiger partial charge in [0.05, 0.1) is 0 Å². The Morgan fingerprint density at radius 3 is 2.32 bits per heavy atom. The summed E-state index contributed by atoms with van der Waals surface area (Å²) in [7, 11) is 0. The maximum atomic E-state index is 4.35. The lowest BCUT2D eigenvalue weighted by Crippen LogP contribution is -2.21. The van der Waals surface area contributed by atoms with E-state index in [2.05, 4.69) is 71.7 Å². The minimum Gasteiger partial charge on any atom is -0.352 e. The number of nitrogens with one attached hydrogen (secondary N) is 2. The normalized spacial score (nSPS) is 12.4. The van der Waals surface area contributed by atoms with E-state index in [1.54, 1.807) is 0 Å². The van der Waals surface area contributed by atoms with Gasteiger partial charge in [-0.25, -0.2) is 9.97 Å². The van der Waals surface area contributed by atoms with E-state index in [1.807, 2.05) is 12.4 Å². The molecule has 2 N–H and O–H groups in total. The SMILES string of the molecule is CCC[C@@H](NCc1cnc(NC(C)C)nc1)c1ccccc1. The van der Waals surface area contributed by atoms with Crippen molar-refractivity contribution >= 4 is 5.95 Å². The third kappa shape index (κ3) is 5.11. The van der Waals surface area contributed by atoms with E-state index in [1.165, 1.54) is 5.56 Å². The fourth-order valence-electron chi connectivity index (χ4n) is 2.38. The maximum absolute atomic E-state index is 4.35. The second kappa shape index (κ2) is 8.49. The van der Waals surface area contributed by atoms with Gasteiger partial charge in [0.1, 0.15) is 0 Å². The monoisotopic (exact) mass is 298 g/mol. The lowest BCUT2D eigenvalue weighted by molar-refractivity contribution is 0.492. The number of anilines is 1. The number of hydrogen-bond donors (Lipinski definition) is 2. The first-order valence-corrected chi connectivity index (χ1v) is 8.04. The fourth-order valence-corrected chi connectivity index (χ4v) is 2.38. The zero-order valence-electron chi connectivity index (χ0n) is 13.7. The van der Waals surface area contributed by atoms with Crippen molar-refractivity contribution in [2.75, 3.05) is 5.32 Å². The molecule has 0 aliphatic rings. The van der Waals surface area contributed by atoms with Crippen molar-refractivity contribution in [3.05, 3.63) is 53.9 Å². The number of nitrogens with zero attached hydrogens (tertiary/aromatic N) is 2. The van der Waals surface area contributed by atoms with Gasteiger partial charge in [-0.3, -0.25) is 0 Å². The molecule has 2 aromatic rings. The molecule has 1 aromatic carbocycles. The van der Waals surface area contributed by atoms with Crippen LogP contribution in [0, 0.1) is 0 Å². The molecule has 0 bridgehead atoms. The Hall–Kier alpha value is -1.94. The van der Waals surface area contributed by atoms with Crippen LogP contribution in [-0.2, 0) is 6.54 Å². The van der Waals surface area contributed by atoms with Crippen LogP contribution in [0.3, 0.4) is 0 Å². The van der Waals surface area contributed by atoms with Gasteiger partial charge in [0.25, 0.3) is 0 Å². The second-order valence-corrected chi connectivity index (χ2v) is 5.85. The molecule has 0 unspecified atom stereocenters. The van der Waals surface area contributed by atoms with E-state index in [-0.39, 0.29) is 0 Å². The topological polar surface area (TPSA) is 49.8 Å². The van der Waals surface area contributed by atoms with Gasteiger partial charge in [-0.05, 0) is 25.8 Å². The van der Waals surface area contributed by atoms with Crippen molar-refractivity contribution < 1.29 is 0 Å². The molecule has 0 spiro atoms. The zero-order chi connectivity index (χ0) is 15.8. The van der Waals surface area contributed by atoms with Crippen LogP contribution >= 0.6 is 0 Å². The third-order valence-corrected chi connectivity index (χ3v) is 3.45. The summed E-state index contributed by atoms with van der Waals surface area (Å²) in [4.78, 5) is 8.71. The molecule has 0 radical (unpaired) electrons. The van der Waals surface area contributed by atoms with Gasteiger partial charge in [-0.1, -0.05) is 43.7 Å². The average molecular weight is 298 g/mol. The summed E-state index contributed by atoms with van der Waals surface area (Å²) in [5.74, 6) is 0.687. The van der Waals surface area contributed by atoms with Crippen LogP contribution in [0.25, 0.3) is 0 Å². The Kier molecular flexibility index (Phi) is 6.34. The molecule has 0 saturated carbocycles. The first kappa shape index (κ1) is 16.4. The van der Waals surface area contributed by atoms with E-state index in [9.17, 15) is 0 Å². The summed E-state index contributed by atoms with van der Waals surface area (Å²) in [6.07, 6.45) is 6.05. The van der Waals surface area contributed by atoms with Crippen LogP contribution in [0.1, 0.15) is 50.8 Å². The Morgan fingerprint density at radius 1 is 1.05 bits per heavy atom. The molecular weight excluding hydrogens is 272 g/mol. The number of rotatable bonds is 8. The van der Waals surface area contributed by atoms with Gasteiger partial charge >= 0.3 is 0 Å². The Bertz CT molecular complexity index is 537. The predicted molar refractivity (Wildman–Crippen MR) is 91.7 cm³/mol. The van der Waals surface area contributed by atoms with E-state index in [0.29, 0.717) is 18.0 Å². The standard InChI is InChI=1S/C18H26N4/c1-4-8-17(16-9-6-5-7-10-16)19-11-15-12-20-18(21-13-15)22-14(2)3/h5-7,9-10,12-14,17,19H,4,8,11H2,1-3H3,(H,20,21,22)/t17-/m1/s1.